The third kappa shape index (κ3) is 8.54. The van der Waals surface area contributed by atoms with Crippen molar-refractivity contribution in [2.75, 3.05) is 18.4 Å². The summed E-state index contributed by atoms with van der Waals surface area (Å²) in [5.74, 6) is -0.672. The number of hydrogen-bond acceptors (Lipinski definition) is 4. The highest BCUT2D eigenvalue weighted by molar-refractivity contribution is 5.96. The molecule has 0 aliphatic heterocycles. The van der Waals surface area contributed by atoms with Crippen molar-refractivity contribution in [3.63, 3.8) is 0 Å². The van der Waals surface area contributed by atoms with Gasteiger partial charge in [-0.1, -0.05) is 13.8 Å². The normalized spacial score (nSPS) is 11.0. The number of ether oxygens (including phenoxy) is 1. The lowest BCUT2D eigenvalue weighted by Crippen LogP contribution is -2.43. The second kappa shape index (κ2) is 8.25. The molecule has 1 aromatic carbocycles. The Balaban J connectivity index is 2.37. The van der Waals surface area contributed by atoms with Crippen molar-refractivity contribution < 1.29 is 27.5 Å². The molecule has 23 heavy (non-hydrogen) atoms. The van der Waals surface area contributed by atoms with Crippen LogP contribution in [0.15, 0.2) is 24.3 Å². The van der Waals surface area contributed by atoms with Gasteiger partial charge >= 0.3 is 12.4 Å². The summed E-state index contributed by atoms with van der Waals surface area (Å²) in [4.78, 5) is 22.9. The molecule has 0 heterocycles. The van der Waals surface area contributed by atoms with E-state index in [9.17, 15) is 22.8 Å². The molecule has 0 aliphatic rings. The SMILES string of the molecule is CC(C)CNC(=O)NC(=O)CNc1ccc(OC(F)(F)F)cc1. The van der Waals surface area contributed by atoms with Gasteiger partial charge in [0.2, 0.25) is 5.91 Å². The minimum absolute atomic E-state index is 0.200. The van der Waals surface area contributed by atoms with Gasteiger partial charge in [-0.05, 0) is 30.2 Å². The summed E-state index contributed by atoms with van der Waals surface area (Å²) >= 11 is 0. The van der Waals surface area contributed by atoms with Gasteiger partial charge < -0.3 is 15.4 Å². The van der Waals surface area contributed by atoms with Crippen LogP contribution in [0.3, 0.4) is 0 Å². The summed E-state index contributed by atoms with van der Waals surface area (Å²) in [5, 5.41) is 7.32. The van der Waals surface area contributed by atoms with E-state index in [1.165, 1.54) is 12.1 Å². The first-order valence-electron chi connectivity index (χ1n) is 6.83. The van der Waals surface area contributed by atoms with E-state index in [1.54, 1.807) is 0 Å². The first kappa shape index (κ1) is 18.6. The number of urea groups is 1. The molecule has 0 aliphatic carbocycles. The number of hydrogen-bond donors (Lipinski definition) is 3. The molecular formula is C14H18F3N3O3. The van der Waals surface area contributed by atoms with Gasteiger partial charge in [-0.2, -0.15) is 0 Å². The Morgan fingerprint density at radius 1 is 1.17 bits per heavy atom. The highest BCUT2D eigenvalue weighted by atomic mass is 19.4. The second-order valence-electron chi connectivity index (χ2n) is 5.08. The first-order chi connectivity index (χ1) is 10.7. The monoisotopic (exact) mass is 333 g/mol. The third-order valence-corrected chi connectivity index (χ3v) is 2.46. The van der Waals surface area contributed by atoms with Gasteiger partial charge in [-0.15, -0.1) is 13.2 Å². The van der Waals surface area contributed by atoms with E-state index in [1.807, 2.05) is 13.8 Å². The Morgan fingerprint density at radius 3 is 2.30 bits per heavy atom. The van der Waals surface area contributed by atoms with E-state index in [2.05, 4.69) is 20.7 Å². The fourth-order valence-electron chi connectivity index (χ4n) is 1.47. The van der Waals surface area contributed by atoms with Crippen LogP contribution in [0.4, 0.5) is 23.7 Å². The summed E-state index contributed by atoms with van der Waals surface area (Å²) in [6.45, 7) is 4.06. The third-order valence-electron chi connectivity index (χ3n) is 2.46. The fraction of sp³-hybridized carbons (Fsp3) is 0.429. The minimum Gasteiger partial charge on any atom is -0.406 e. The van der Waals surface area contributed by atoms with E-state index in [0.717, 1.165) is 12.1 Å². The van der Waals surface area contributed by atoms with Crippen molar-refractivity contribution >= 4 is 17.6 Å². The van der Waals surface area contributed by atoms with Gasteiger partial charge in [-0.25, -0.2) is 4.79 Å². The Morgan fingerprint density at radius 2 is 1.78 bits per heavy atom. The zero-order valence-corrected chi connectivity index (χ0v) is 12.7. The molecule has 6 nitrogen and oxygen atoms in total. The van der Waals surface area contributed by atoms with Gasteiger partial charge in [0, 0.05) is 12.2 Å². The number of carbonyl (C=O) groups is 2. The van der Waals surface area contributed by atoms with Crippen molar-refractivity contribution in [2.45, 2.75) is 20.2 Å². The van der Waals surface area contributed by atoms with Crippen molar-refractivity contribution in [1.29, 1.82) is 0 Å². The Kier molecular flexibility index (Phi) is 6.67. The molecule has 0 saturated heterocycles. The molecular weight excluding hydrogens is 315 g/mol. The topological polar surface area (TPSA) is 79.5 Å². The summed E-state index contributed by atoms with van der Waals surface area (Å²) in [6.07, 6.45) is -4.75. The average molecular weight is 333 g/mol. The van der Waals surface area contributed by atoms with Crippen molar-refractivity contribution in [3.05, 3.63) is 24.3 Å². The van der Waals surface area contributed by atoms with Crippen LogP contribution < -0.4 is 20.7 Å². The maximum Gasteiger partial charge on any atom is 0.573 e. The number of anilines is 1. The quantitative estimate of drug-likeness (QED) is 0.747. The Hall–Kier alpha value is -2.45. The highest BCUT2D eigenvalue weighted by Crippen LogP contribution is 2.23. The smallest absolute Gasteiger partial charge is 0.406 e. The molecule has 0 unspecified atom stereocenters. The van der Waals surface area contributed by atoms with Crippen molar-refractivity contribution in [3.8, 4) is 5.75 Å². The molecule has 0 bridgehead atoms. The summed E-state index contributed by atoms with van der Waals surface area (Å²) in [6, 6.07) is 4.28. The zero-order chi connectivity index (χ0) is 17.5. The zero-order valence-electron chi connectivity index (χ0n) is 12.7. The maximum atomic E-state index is 12.0. The number of benzene rings is 1. The molecule has 9 heteroatoms. The van der Waals surface area contributed by atoms with Crippen LogP contribution in [0.5, 0.6) is 5.75 Å². The molecule has 0 radical (unpaired) electrons. The number of halogens is 3. The van der Waals surface area contributed by atoms with Crippen LogP contribution in [0.1, 0.15) is 13.8 Å². The van der Waals surface area contributed by atoms with Crippen LogP contribution in [0.2, 0.25) is 0 Å². The number of alkyl halides is 3. The van der Waals surface area contributed by atoms with Crippen LogP contribution in [0.25, 0.3) is 0 Å². The highest BCUT2D eigenvalue weighted by Gasteiger charge is 2.30. The Labute approximate surface area is 131 Å². The number of nitrogens with one attached hydrogen (secondary N) is 3. The van der Waals surface area contributed by atoms with Crippen LogP contribution in [0, 0.1) is 5.92 Å². The number of carbonyl (C=O) groups excluding carboxylic acids is 2. The maximum absolute atomic E-state index is 12.0. The Bertz CT molecular complexity index is 530. The van der Waals surface area contributed by atoms with E-state index in [0.29, 0.717) is 12.2 Å². The molecule has 3 N–H and O–H groups in total. The van der Waals surface area contributed by atoms with Gasteiger partial charge in [0.1, 0.15) is 5.75 Å². The van der Waals surface area contributed by atoms with Gasteiger partial charge in [-0.3, -0.25) is 10.1 Å². The molecule has 0 saturated carbocycles. The minimum atomic E-state index is -4.75. The van der Waals surface area contributed by atoms with E-state index in [-0.39, 0.29) is 18.2 Å². The van der Waals surface area contributed by atoms with Crippen molar-refractivity contribution in [1.82, 2.24) is 10.6 Å². The predicted molar refractivity (Wildman–Crippen MR) is 78.0 cm³/mol. The van der Waals surface area contributed by atoms with Crippen molar-refractivity contribution in [2.24, 2.45) is 5.92 Å². The molecule has 1 rings (SSSR count). The van der Waals surface area contributed by atoms with Crippen LogP contribution >= 0.6 is 0 Å². The number of imide groups is 1. The van der Waals surface area contributed by atoms with Gasteiger partial charge in [0.25, 0.3) is 0 Å². The number of rotatable bonds is 6. The lowest BCUT2D eigenvalue weighted by Gasteiger charge is -2.11. The fourth-order valence-corrected chi connectivity index (χ4v) is 1.47. The molecule has 0 fully saturated rings. The van der Waals surface area contributed by atoms with Crippen LogP contribution in [-0.4, -0.2) is 31.4 Å². The number of amides is 3. The molecule has 0 atom stereocenters. The lowest BCUT2D eigenvalue weighted by molar-refractivity contribution is -0.274. The van der Waals surface area contributed by atoms with Crippen LogP contribution in [-0.2, 0) is 4.79 Å². The summed E-state index contributed by atoms with van der Waals surface area (Å²) in [7, 11) is 0. The summed E-state index contributed by atoms with van der Waals surface area (Å²) in [5.41, 5.74) is 0.414. The van der Waals surface area contributed by atoms with E-state index >= 15 is 0 Å². The molecule has 0 spiro atoms. The van der Waals surface area contributed by atoms with Gasteiger partial charge in [0.05, 0.1) is 6.54 Å². The predicted octanol–water partition coefficient (Wildman–Crippen LogP) is 2.48. The standard InChI is InChI=1S/C14H18F3N3O3/c1-9(2)7-19-13(22)20-12(21)8-18-10-3-5-11(6-4-10)23-14(15,16)17/h3-6,9,18H,7-8H2,1-2H3,(H2,19,20,21,22). The van der Waals surface area contributed by atoms with E-state index < -0.39 is 18.3 Å². The first-order valence-corrected chi connectivity index (χ1v) is 6.83. The van der Waals surface area contributed by atoms with E-state index in [4.69, 9.17) is 0 Å². The average Bonchev–Trinajstić information content (AvgIpc) is 2.43. The second-order valence-corrected chi connectivity index (χ2v) is 5.08. The molecule has 3 amide bonds. The lowest BCUT2D eigenvalue weighted by atomic mass is 10.2. The molecule has 1 aromatic rings. The molecule has 128 valence electrons. The largest absolute Gasteiger partial charge is 0.573 e. The molecule has 0 aromatic heterocycles. The summed E-state index contributed by atoms with van der Waals surface area (Å²) < 4.78 is 39.7. The van der Waals surface area contributed by atoms with Gasteiger partial charge in [0.15, 0.2) is 0 Å².